The molecule has 16 heteroatoms. The number of nitriles is 3. The second-order valence-electron chi connectivity index (χ2n) is 12.8. The molecule has 0 unspecified atom stereocenters. The van der Waals surface area contributed by atoms with E-state index in [-0.39, 0.29) is 62.2 Å². The first-order chi connectivity index (χ1) is 26.5. The Hall–Kier alpha value is -6.50. The molecule has 2 aliphatic rings. The SMILES string of the molecule is N#CC(C#N)=C1c2cc(-c3cc(C(F)(F)F)cc(C(F)(F)F)c3)ccc2-c2cc3c(cc21)-c1ccc(-c2cc(C(F)(F)F)cc(C(F)(F)F)c2)cc1/C3=C(\Cl)C#N. The third kappa shape index (κ3) is 6.66. The quantitative estimate of drug-likeness (QED) is 0.129. The summed E-state index contributed by atoms with van der Waals surface area (Å²) >= 11 is 6.41. The topological polar surface area (TPSA) is 71.4 Å². The number of benzene rings is 5. The molecule has 2 aliphatic carbocycles. The highest BCUT2D eigenvalue weighted by molar-refractivity contribution is 6.37. The zero-order valence-electron chi connectivity index (χ0n) is 27.8. The Morgan fingerprint density at radius 1 is 0.368 bits per heavy atom. The van der Waals surface area contributed by atoms with Crippen molar-refractivity contribution in [3.63, 3.8) is 0 Å². The Labute approximate surface area is 318 Å². The second kappa shape index (κ2) is 13.0. The summed E-state index contributed by atoms with van der Waals surface area (Å²) in [5.41, 5.74) is -5.91. The van der Waals surface area contributed by atoms with Crippen LogP contribution in [0.2, 0.25) is 0 Å². The summed E-state index contributed by atoms with van der Waals surface area (Å²) in [6.45, 7) is 0. The molecule has 0 radical (unpaired) electrons. The number of rotatable bonds is 2. The highest BCUT2D eigenvalue weighted by atomic mass is 35.5. The minimum atomic E-state index is -5.14. The molecule has 57 heavy (non-hydrogen) atoms. The van der Waals surface area contributed by atoms with Gasteiger partial charge < -0.3 is 0 Å². The van der Waals surface area contributed by atoms with Crippen molar-refractivity contribution < 1.29 is 52.7 Å². The van der Waals surface area contributed by atoms with Crippen LogP contribution in [0.1, 0.15) is 44.5 Å². The lowest BCUT2D eigenvalue weighted by molar-refractivity contribution is -0.144. The van der Waals surface area contributed by atoms with Crippen molar-refractivity contribution in [2.24, 2.45) is 0 Å². The molecule has 284 valence electrons. The van der Waals surface area contributed by atoms with E-state index in [2.05, 4.69) is 0 Å². The lowest BCUT2D eigenvalue weighted by atomic mass is 9.93. The minimum Gasteiger partial charge on any atom is -0.192 e. The predicted molar refractivity (Wildman–Crippen MR) is 183 cm³/mol. The van der Waals surface area contributed by atoms with Gasteiger partial charge in [-0.15, -0.1) is 0 Å². The van der Waals surface area contributed by atoms with E-state index in [1.165, 1.54) is 48.5 Å². The fraction of sp³-hybridized carbons (Fsp3) is 0.0976. The molecule has 0 aliphatic heterocycles. The fourth-order valence-corrected chi connectivity index (χ4v) is 7.23. The van der Waals surface area contributed by atoms with Gasteiger partial charge in [0.1, 0.15) is 28.8 Å². The Kier molecular flexibility index (Phi) is 8.87. The number of allylic oxidation sites excluding steroid dienone is 2. The smallest absolute Gasteiger partial charge is 0.192 e. The molecule has 0 saturated heterocycles. The van der Waals surface area contributed by atoms with Crippen LogP contribution >= 0.6 is 11.6 Å². The number of hydrogen-bond donors (Lipinski definition) is 0. The predicted octanol–water partition coefficient (Wildman–Crippen LogP) is 13.4. The number of halogens is 13. The maximum absolute atomic E-state index is 13.7. The van der Waals surface area contributed by atoms with E-state index in [0.29, 0.717) is 41.0 Å². The summed E-state index contributed by atoms with van der Waals surface area (Å²) in [5.74, 6) is 0. The minimum absolute atomic E-state index is 0.0197. The normalized spacial score (nSPS) is 14.2. The van der Waals surface area contributed by atoms with Crippen molar-refractivity contribution in [1.82, 2.24) is 0 Å². The highest BCUT2D eigenvalue weighted by Crippen LogP contribution is 2.55. The van der Waals surface area contributed by atoms with Crippen LogP contribution in [-0.4, -0.2) is 0 Å². The zero-order valence-corrected chi connectivity index (χ0v) is 28.6. The highest BCUT2D eigenvalue weighted by Gasteiger charge is 2.40. The van der Waals surface area contributed by atoms with Crippen LogP contribution in [-0.2, 0) is 24.7 Å². The second-order valence-corrected chi connectivity index (χ2v) is 13.2. The Morgan fingerprint density at radius 3 is 1.04 bits per heavy atom. The molecule has 0 heterocycles. The molecule has 0 bridgehead atoms. The third-order valence-electron chi connectivity index (χ3n) is 9.49. The van der Waals surface area contributed by atoms with Crippen LogP contribution in [0.25, 0.3) is 55.7 Å². The molecule has 0 amide bonds. The van der Waals surface area contributed by atoms with Crippen molar-refractivity contribution >= 4 is 22.7 Å². The summed E-state index contributed by atoms with van der Waals surface area (Å²) < 4.78 is 164. The summed E-state index contributed by atoms with van der Waals surface area (Å²) in [5, 5.41) is 29.4. The fourth-order valence-electron chi connectivity index (χ4n) is 7.02. The zero-order chi connectivity index (χ0) is 41.6. The van der Waals surface area contributed by atoms with Gasteiger partial charge in [-0.3, -0.25) is 0 Å². The number of alkyl halides is 12. The third-order valence-corrected chi connectivity index (χ3v) is 9.76. The average Bonchev–Trinajstić information content (AvgIpc) is 3.63. The number of hydrogen-bond acceptors (Lipinski definition) is 3. The average molecular weight is 812 g/mol. The molecule has 0 N–H and O–H groups in total. The number of fused-ring (bicyclic) bond motifs is 6. The summed E-state index contributed by atoms with van der Waals surface area (Å²) in [6.07, 6.45) is -20.6. The molecule has 0 fully saturated rings. The van der Waals surface area contributed by atoms with Gasteiger partial charge in [-0.05, 0) is 127 Å². The lowest BCUT2D eigenvalue weighted by Gasteiger charge is -2.15. The van der Waals surface area contributed by atoms with Crippen molar-refractivity contribution in [1.29, 1.82) is 15.8 Å². The summed E-state index contributed by atoms with van der Waals surface area (Å²) in [4.78, 5) is 0. The molecule has 0 aromatic heterocycles. The molecule has 0 atom stereocenters. The van der Waals surface area contributed by atoms with E-state index in [0.717, 1.165) is 0 Å². The van der Waals surface area contributed by atoms with E-state index in [4.69, 9.17) is 11.6 Å². The van der Waals surface area contributed by atoms with Gasteiger partial charge in [-0.1, -0.05) is 35.9 Å². The molecule has 0 saturated carbocycles. The van der Waals surface area contributed by atoms with Crippen LogP contribution in [0.3, 0.4) is 0 Å². The summed E-state index contributed by atoms with van der Waals surface area (Å²) in [6, 6.07) is 18.2. The maximum atomic E-state index is 13.7. The van der Waals surface area contributed by atoms with Gasteiger partial charge in [0, 0.05) is 11.1 Å². The van der Waals surface area contributed by atoms with Gasteiger partial charge in [0.15, 0.2) is 0 Å². The van der Waals surface area contributed by atoms with Crippen molar-refractivity contribution in [2.75, 3.05) is 0 Å². The molecule has 5 aromatic carbocycles. The maximum Gasteiger partial charge on any atom is 0.416 e. The Morgan fingerprint density at radius 2 is 0.702 bits per heavy atom. The molecular weight excluding hydrogens is 798 g/mol. The van der Waals surface area contributed by atoms with Crippen LogP contribution < -0.4 is 0 Å². The van der Waals surface area contributed by atoms with Gasteiger partial charge in [0.05, 0.1) is 22.3 Å². The van der Waals surface area contributed by atoms with Crippen molar-refractivity contribution in [3.05, 3.63) is 140 Å². The van der Waals surface area contributed by atoms with E-state index < -0.39 is 68.7 Å². The molecule has 0 spiro atoms. The van der Waals surface area contributed by atoms with Crippen LogP contribution in [0.5, 0.6) is 0 Å². The van der Waals surface area contributed by atoms with Crippen molar-refractivity contribution in [2.45, 2.75) is 24.7 Å². The Bertz CT molecular complexity index is 2700. The van der Waals surface area contributed by atoms with Crippen molar-refractivity contribution in [3.8, 4) is 62.7 Å². The van der Waals surface area contributed by atoms with Gasteiger partial charge >= 0.3 is 24.7 Å². The monoisotopic (exact) mass is 811 g/mol. The van der Waals surface area contributed by atoms with Gasteiger partial charge in [-0.25, -0.2) is 0 Å². The van der Waals surface area contributed by atoms with Gasteiger partial charge in [0.2, 0.25) is 0 Å². The van der Waals surface area contributed by atoms with E-state index >= 15 is 0 Å². The first kappa shape index (κ1) is 38.8. The van der Waals surface area contributed by atoms with E-state index in [9.17, 15) is 68.5 Å². The van der Waals surface area contributed by atoms with Crippen LogP contribution in [0, 0.1) is 34.0 Å². The molecule has 5 aromatic rings. The van der Waals surface area contributed by atoms with Gasteiger partial charge in [-0.2, -0.15) is 68.5 Å². The summed E-state index contributed by atoms with van der Waals surface area (Å²) in [7, 11) is 0. The lowest BCUT2D eigenvalue weighted by Crippen LogP contribution is -2.11. The van der Waals surface area contributed by atoms with E-state index in [1.54, 1.807) is 18.2 Å². The molecular formula is C41H14ClF12N3. The molecule has 3 nitrogen and oxygen atoms in total. The Balaban J connectivity index is 1.43. The van der Waals surface area contributed by atoms with Crippen LogP contribution in [0.15, 0.2) is 95.5 Å². The largest absolute Gasteiger partial charge is 0.416 e. The first-order valence-corrected chi connectivity index (χ1v) is 16.4. The van der Waals surface area contributed by atoms with Gasteiger partial charge in [0.25, 0.3) is 0 Å². The molecule has 7 rings (SSSR count). The van der Waals surface area contributed by atoms with Crippen LogP contribution in [0.4, 0.5) is 52.7 Å². The van der Waals surface area contributed by atoms with E-state index in [1.807, 2.05) is 0 Å². The standard InChI is InChI=1S/C41H14ClF12N3/c42-35(17-57)37-32-10-19(21-7-25(40(49,50)51)12-26(8-21)41(52,53)54)2-4-28(32)30-13-33-29(14-34(30)37)27-3-1-18(9-31(27)36(33)22(15-55)16-56)20-5-23(38(43,44)45)11-24(6-20)39(46,47)48/h1-14H/b37-35+. The first-order valence-electron chi connectivity index (χ1n) is 16.0. The number of nitrogens with zero attached hydrogens (tertiary/aromatic N) is 3.